The molecule has 1 N–H and O–H groups in total. The van der Waals surface area contributed by atoms with Gasteiger partial charge in [-0.25, -0.2) is 0 Å². The van der Waals surface area contributed by atoms with Crippen molar-refractivity contribution in [3.8, 4) is 34.7 Å². The third-order valence-electron chi connectivity index (χ3n) is 5.79. The van der Waals surface area contributed by atoms with Crippen LogP contribution in [0.1, 0.15) is 43.9 Å². The zero-order chi connectivity index (χ0) is 23.5. The molecule has 1 aromatic heterocycles. The van der Waals surface area contributed by atoms with Crippen molar-refractivity contribution >= 4 is 5.97 Å². The summed E-state index contributed by atoms with van der Waals surface area (Å²) in [5, 5.41) is 22.6. The quantitative estimate of drug-likeness (QED) is 0.515. The molecular formula is C25H27N4NaO4. The molecule has 2 aromatic carbocycles. The molecule has 0 saturated heterocycles. The van der Waals surface area contributed by atoms with Crippen molar-refractivity contribution < 1.29 is 50.1 Å². The largest absolute Gasteiger partial charge is 1.00 e. The van der Waals surface area contributed by atoms with Gasteiger partial charge in [-0.15, -0.1) is 0 Å². The van der Waals surface area contributed by atoms with E-state index in [9.17, 15) is 10.1 Å². The number of carboxylic acid groups (broad SMARTS) is 1. The van der Waals surface area contributed by atoms with Crippen molar-refractivity contribution in [3.63, 3.8) is 0 Å². The maximum Gasteiger partial charge on any atom is 1.00 e. The zero-order valence-corrected chi connectivity index (χ0v) is 22.0. The van der Waals surface area contributed by atoms with E-state index in [2.05, 4.69) is 34.1 Å². The first kappa shape index (κ1) is 25.9. The average molecular weight is 471 g/mol. The molecule has 3 aromatic rings. The van der Waals surface area contributed by atoms with Gasteiger partial charge in [-0.1, -0.05) is 17.3 Å². The predicted octanol–water partition coefficient (Wildman–Crippen LogP) is 1.32. The first-order valence-electron chi connectivity index (χ1n) is 11.0. The normalized spacial score (nSPS) is 13.1. The van der Waals surface area contributed by atoms with E-state index in [1.807, 2.05) is 19.9 Å². The number of rotatable bonds is 7. The molecule has 1 aliphatic rings. The van der Waals surface area contributed by atoms with Gasteiger partial charge in [-0.05, 0) is 62.1 Å². The van der Waals surface area contributed by atoms with E-state index >= 15 is 0 Å². The number of carboxylic acids is 1. The van der Waals surface area contributed by atoms with Crippen LogP contribution < -0.4 is 34.3 Å². The van der Waals surface area contributed by atoms with E-state index in [-0.39, 0.29) is 43.5 Å². The molecule has 0 radical (unpaired) electrons. The maximum atomic E-state index is 10.9. The van der Waals surface area contributed by atoms with E-state index in [1.54, 1.807) is 18.2 Å². The number of aromatic nitrogens is 2. The minimum atomic E-state index is -0.774. The number of hydrogen-bond acceptors (Lipinski definition) is 7. The third kappa shape index (κ3) is 5.68. The molecule has 0 saturated carbocycles. The van der Waals surface area contributed by atoms with Crippen LogP contribution in [0.2, 0.25) is 0 Å². The van der Waals surface area contributed by atoms with E-state index in [0.29, 0.717) is 35.1 Å². The summed E-state index contributed by atoms with van der Waals surface area (Å²) in [5.41, 5.74) is 5.55. The molecule has 4 rings (SSSR count). The van der Waals surface area contributed by atoms with Crippen molar-refractivity contribution in [3.05, 3.63) is 52.6 Å². The molecule has 0 amide bonds. The number of nitriles is 1. The Kier molecular flexibility index (Phi) is 8.50. The van der Waals surface area contributed by atoms with E-state index in [0.717, 1.165) is 30.6 Å². The Balaban J connectivity index is 0.00000216. The van der Waals surface area contributed by atoms with Gasteiger partial charge < -0.3 is 15.8 Å². The number of hydrogen-bond donors (Lipinski definition) is 1. The Hall–Kier alpha value is -2.70. The first-order valence-corrected chi connectivity index (χ1v) is 11.0. The van der Waals surface area contributed by atoms with Gasteiger partial charge in [0.05, 0.1) is 18.1 Å². The van der Waals surface area contributed by atoms with Gasteiger partial charge in [0, 0.05) is 30.8 Å². The molecule has 0 atom stereocenters. The molecule has 2 heterocycles. The second-order valence-electron chi connectivity index (χ2n) is 8.46. The molecule has 8 nitrogen and oxygen atoms in total. The van der Waals surface area contributed by atoms with Crippen LogP contribution in [-0.2, 0) is 17.8 Å². The van der Waals surface area contributed by atoms with E-state index in [1.165, 1.54) is 11.1 Å². The SMILES string of the molecule is Cc1c(-c2noc(-c3ccc(OC(C)C)c(C#N)c3)n2)ccc2c1CCN(CCC(=O)O)C2.[H-].[Na+]. The summed E-state index contributed by atoms with van der Waals surface area (Å²) in [7, 11) is 0. The topological polar surface area (TPSA) is 112 Å². The molecule has 34 heavy (non-hydrogen) atoms. The minimum Gasteiger partial charge on any atom is -1.00 e. The van der Waals surface area contributed by atoms with Crippen LogP contribution in [0, 0.1) is 18.3 Å². The predicted molar refractivity (Wildman–Crippen MR) is 123 cm³/mol. The van der Waals surface area contributed by atoms with Gasteiger partial charge in [0.1, 0.15) is 11.8 Å². The summed E-state index contributed by atoms with van der Waals surface area (Å²) >= 11 is 0. The summed E-state index contributed by atoms with van der Waals surface area (Å²) in [5.74, 6) is 0.595. The summed E-state index contributed by atoms with van der Waals surface area (Å²) in [4.78, 5) is 17.6. The molecule has 0 aliphatic carbocycles. The Labute approximate surface area is 222 Å². The molecular weight excluding hydrogens is 443 g/mol. The van der Waals surface area contributed by atoms with Crippen molar-refractivity contribution in [1.82, 2.24) is 15.0 Å². The third-order valence-corrected chi connectivity index (χ3v) is 5.79. The van der Waals surface area contributed by atoms with Crippen LogP contribution in [-0.4, -0.2) is 45.3 Å². The number of benzene rings is 2. The summed E-state index contributed by atoms with van der Waals surface area (Å²) < 4.78 is 11.2. The molecule has 9 heteroatoms. The number of fused-ring (bicyclic) bond motifs is 1. The van der Waals surface area contributed by atoms with E-state index in [4.69, 9.17) is 14.4 Å². The van der Waals surface area contributed by atoms with Crippen molar-refractivity contribution in [2.75, 3.05) is 13.1 Å². The number of ether oxygens (including phenoxy) is 1. The maximum absolute atomic E-state index is 10.9. The van der Waals surface area contributed by atoms with E-state index < -0.39 is 5.97 Å². The smallest absolute Gasteiger partial charge is 1.00 e. The molecule has 0 bridgehead atoms. The fourth-order valence-corrected chi connectivity index (χ4v) is 4.14. The molecule has 0 spiro atoms. The van der Waals surface area contributed by atoms with Crippen LogP contribution in [0.25, 0.3) is 22.8 Å². The van der Waals surface area contributed by atoms with Gasteiger partial charge in [-0.2, -0.15) is 10.2 Å². The molecule has 0 unspecified atom stereocenters. The van der Waals surface area contributed by atoms with Crippen LogP contribution in [0.4, 0.5) is 0 Å². The first-order chi connectivity index (χ1) is 15.9. The second-order valence-corrected chi connectivity index (χ2v) is 8.46. The standard InChI is InChI=1S/C25H26N4O4.Na.H/c1-15(2)32-22-7-5-17(12-19(22)13-26)25-27-24(28-33-25)21-6-4-18-14-29(11-9-23(30)31)10-8-20(18)16(21)3;;/h4-7,12,15H,8-11,14H2,1-3H3,(H,30,31);;/q;+1;-1. The Morgan fingerprint density at radius 3 is 2.85 bits per heavy atom. The second kappa shape index (κ2) is 11.2. The van der Waals surface area contributed by atoms with Crippen molar-refractivity contribution in [1.29, 1.82) is 5.26 Å². The Morgan fingerprint density at radius 1 is 1.35 bits per heavy atom. The summed E-state index contributed by atoms with van der Waals surface area (Å²) in [6.07, 6.45) is 0.965. The van der Waals surface area contributed by atoms with Gasteiger partial charge in [-0.3, -0.25) is 9.69 Å². The van der Waals surface area contributed by atoms with Crippen LogP contribution in [0.15, 0.2) is 34.9 Å². The van der Waals surface area contributed by atoms with Crippen LogP contribution >= 0.6 is 0 Å². The van der Waals surface area contributed by atoms with Crippen LogP contribution in [0.3, 0.4) is 0 Å². The van der Waals surface area contributed by atoms with Gasteiger partial charge in [0.25, 0.3) is 5.89 Å². The monoisotopic (exact) mass is 470 g/mol. The van der Waals surface area contributed by atoms with Gasteiger partial charge in [0.15, 0.2) is 0 Å². The van der Waals surface area contributed by atoms with Gasteiger partial charge in [0.2, 0.25) is 5.82 Å². The summed E-state index contributed by atoms with van der Waals surface area (Å²) in [6, 6.07) is 11.5. The molecule has 1 aliphatic heterocycles. The number of carbonyl (C=O) groups is 1. The number of aliphatic carboxylic acids is 1. The van der Waals surface area contributed by atoms with Crippen LogP contribution in [0.5, 0.6) is 5.75 Å². The zero-order valence-electron chi connectivity index (χ0n) is 21.0. The minimum absolute atomic E-state index is 0. The molecule has 172 valence electrons. The fraction of sp³-hybridized carbons (Fsp3) is 0.360. The molecule has 0 fully saturated rings. The average Bonchev–Trinajstić information content (AvgIpc) is 3.27. The van der Waals surface area contributed by atoms with Crippen molar-refractivity contribution in [2.24, 2.45) is 0 Å². The number of nitrogens with zero attached hydrogens (tertiary/aromatic N) is 4. The fourth-order valence-electron chi connectivity index (χ4n) is 4.14. The Bertz CT molecular complexity index is 1240. The summed E-state index contributed by atoms with van der Waals surface area (Å²) in [6.45, 7) is 7.99. The van der Waals surface area contributed by atoms with Crippen molar-refractivity contribution in [2.45, 2.75) is 46.3 Å². The van der Waals surface area contributed by atoms with Gasteiger partial charge >= 0.3 is 35.5 Å². The Morgan fingerprint density at radius 2 is 2.15 bits per heavy atom.